The average molecular weight is 330 g/mol. The lowest BCUT2D eigenvalue weighted by atomic mass is 10.2. The van der Waals surface area contributed by atoms with E-state index in [0.29, 0.717) is 11.6 Å². The Morgan fingerprint density at radius 1 is 1.44 bits per heavy atom. The van der Waals surface area contributed by atoms with E-state index in [1.165, 1.54) is 0 Å². The van der Waals surface area contributed by atoms with E-state index in [4.69, 9.17) is 16.3 Å². The van der Waals surface area contributed by atoms with Crippen LogP contribution >= 0.6 is 27.5 Å². The van der Waals surface area contributed by atoms with Gasteiger partial charge in [-0.15, -0.1) is 0 Å². The largest absolute Gasteiger partial charge is 0.491 e. The molecule has 18 heavy (non-hydrogen) atoms. The number of para-hydroxylation sites is 1. The minimum absolute atomic E-state index is 0.593. The first-order valence-electron chi connectivity index (χ1n) is 5.64. The topological polar surface area (TPSA) is 27.1 Å². The van der Waals surface area contributed by atoms with E-state index in [1.54, 1.807) is 4.68 Å². The second kappa shape index (κ2) is 6.25. The smallest absolute Gasteiger partial charge is 0.141 e. The van der Waals surface area contributed by atoms with Crippen molar-refractivity contribution in [2.75, 3.05) is 6.61 Å². The molecule has 0 aliphatic rings. The summed E-state index contributed by atoms with van der Waals surface area (Å²) in [7, 11) is 1.90. The molecule has 0 spiro atoms. The van der Waals surface area contributed by atoms with Gasteiger partial charge in [0.15, 0.2) is 0 Å². The number of hydrogen-bond donors (Lipinski definition) is 0. The number of hydrogen-bond acceptors (Lipinski definition) is 2. The lowest BCUT2D eigenvalue weighted by molar-refractivity contribution is 0.320. The van der Waals surface area contributed by atoms with E-state index < -0.39 is 0 Å². The van der Waals surface area contributed by atoms with Crippen LogP contribution in [-0.4, -0.2) is 16.4 Å². The van der Waals surface area contributed by atoms with Gasteiger partial charge in [-0.1, -0.05) is 39.7 Å². The highest BCUT2D eigenvalue weighted by molar-refractivity contribution is 9.08. The number of alkyl halides is 1. The predicted octanol–water partition coefficient (Wildman–Crippen LogP) is 3.59. The summed E-state index contributed by atoms with van der Waals surface area (Å²) in [6.07, 6.45) is 4.66. The van der Waals surface area contributed by atoms with Crippen LogP contribution in [0.25, 0.3) is 0 Å². The SMILES string of the molecule is Cn1cc(CCOc2c(Cl)cccc2CBr)cn1. The second-order valence-electron chi connectivity index (χ2n) is 3.98. The summed E-state index contributed by atoms with van der Waals surface area (Å²) >= 11 is 9.56. The minimum atomic E-state index is 0.593. The van der Waals surface area contributed by atoms with Crippen LogP contribution in [0.15, 0.2) is 30.6 Å². The van der Waals surface area contributed by atoms with Crippen molar-refractivity contribution in [3.63, 3.8) is 0 Å². The van der Waals surface area contributed by atoms with Gasteiger partial charge >= 0.3 is 0 Å². The van der Waals surface area contributed by atoms with Gasteiger partial charge in [-0.3, -0.25) is 4.68 Å². The number of nitrogens with zero attached hydrogens (tertiary/aromatic N) is 2. The van der Waals surface area contributed by atoms with Crippen LogP contribution in [0.3, 0.4) is 0 Å². The molecule has 5 heteroatoms. The molecular weight excluding hydrogens is 316 g/mol. The van der Waals surface area contributed by atoms with Gasteiger partial charge < -0.3 is 4.74 Å². The lowest BCUT2D eigenvalue weighted by Gasteiger charge is -2.11. The second-order valence-corrected chi connectivity index (χ2v) is 4.95. The van der Waals surface area contributed by atoms with Crippen molar-refractivity contribution in [2.24, 2.45) is 7.05 Å². The number of aryl methyl sites for hydroxylation is 1. The highest BCUT2D eigenvalue weighted by atomic mass is 79.9. The van der Waals surface area contributed by atoms with Gasteiger partial charge in [0.2, 0.25) is 0 Å². The molecule has 0 aliphatic heterocycles. The number of halogens is 2. The average Bonchev–Trinajstić information content (AvgIpc) is 2.77. The van der Waals surface area contributed by atoms with E-state index >= 15 is 0 Å². The molecule has 0 fully saturated rings. The van der Waals surface area contributed by atoms with Crippen molar-refractivity contribution in [1.29, 1.82) is 0 Å². The number of ether oxygens (including phenoxy) is 1. The van der Waals surface area contributed by atoms with Crippen molar-refractivity contribution in [2.45, 2.75) is 11.8 Å². The standard InChI is InChI=1S/C13H14BrClN2O/c1-17-9-10(8-16-17)5-6-18-13-11(7-14)3-2-4-12(13)15/h2-4,8-9H,5-7H2,1H3. The van der Waals surface area contributed by atoms with Crippen LogP contribution in [0.5, 0.6) is 5.75 Å². The van der Waals surface area contributed by atoms with Crippen LogP contribution in [0.4, 0.5) is 0 Å². The zero-order valence-electron chi connectivity index (χ0n) is 10.1. The third-order valence-corrected chi connectivity index (χ3v) is 3.49. The Bertz CT molecular complexity index is 527. The molecule has 0 atom stereocenters. The maximum atomic E-state index is 6.13. The molecule has 1 aromatic heterocycles. The Morgan fingerprint density at radius 2 is 2.28 bits per heavy atom. The first kappa shape index (κ1) is 13.4. The normalized spacial score (nSPS) is 10.6. The van der Waals surface area contributed by atoms with Crippen molar-refractivity contribution in [3.05, 3.63) is 46.7 Å². The van der Waals surface area contributed by atoms with Gasteiger partial charge in [-0.05, 0) is 11.6 Å². The first-order valence-corrected chi connectivity index (χ1v) is 7.14. The molecule has 3 nitrogen and oxygen atoms in total. The van der Waals surface area contributed by atoms with E-state index in [1.807, 2.05) is 37.6 Å². The summed E-state index contributed by atoms with van der Waals surface area (Å²) in [6, 6.07) is 5.76. The highest BCUT2D eigenvalue weighted by Crippen LogP contribution is 2.30. The van der Waals surface area contributed by atoms with Gasteiger partial charge in [-0.2, -0.15) is 5.10 Å². The lowest BCUT2D eigenvalue weighted by Crippen LogP contribution is -2.03. The Kier molecular flexibility index (Phi) is 4.66. The monoisotopic (exact) mass is 328 g/mol. The van der Waals surface area contributed by atoms with Crippen molar-refractivity contribution in [1.82, 2.24) is 9.78 Å². The van der Waals surface area contributed by atoms with Crippen molar-refractivity contribution < 1.29 is 4.74 Å². The predicted molar refractivity (Wildman–Crippen MR) is 76.5 cm³/mol. The van der Waals surface area contributed by atoms with Gasteiger partial charge in [0.05, 0.1) is 17.8 Å². The maximum Gasteiger partial charge on any atom is 0.141 e. The van der Waals surface area contributed by atoms with E-state index in [2.05, 4.69) is 21.0 Å². The number of rotatable bonds is 5. The fraction of sp³-hybridized carbons (Fsp3) is 0.308. The molecule has 0 aliphatic carbocycles. The van der Waals surface area contributed by atoms with Crippen LogP contribution < -0.4 is 4.74 Å². The fourth-order valence-electron chi connectivity index (χ4n) is 1.69. The molecule has 0 amide bonds. The van der Waals surface area contributed by atoms with Gasteiger partial charge in [-0.25, -0.2) is 0 Å². The summed E-state index contributed by atoms with van der Waals surface area (Å²) in [4.78, 5) is 0. The summed E-state index contributed by atoms with van der Waals surface area (Å²) in [6.45, 7) is 0.593. The van der Waals surface area contributed by atoms with Crippen molar-refractivity contribution >= 4 is 27.5 Å². The molecule has 0 bridgehead atoms. The zero-order chi connectivity index (χ0) is 13.0. The van der Waals surface area contributed by atoms with Crippen LogP contribution in [0.1, 0.15) is 11.1 Å². The molecule has 0 unspecified atom stereocenters. The van der Waals surface area contributed by atoms with Crippen LogP contribution in [0, 0.1) is 0 Å². The summed E-state index contributed by atoms with van der Waals surface area (Å²) < 4.78 is 7.56. The third-order valence-electron chi connectivity index (χ3n) is 2.59. The van der Waals surface area contributed by atoms with E-state index in [0.717, 1.165) is 28.6 Å². The molecule has 0 radical (unpaired) electrons. The molecule has 0 saturated carbocycles. The summed E-state index contributed by atoms with van der Waals surface area (Å²) in [5.41, 5.74) is 2.22. The summed E-state index contributed by atoms with van der Waals surface area (Å²) in [5.74, 6) is 0.764. The maximum absolute atomic E-state index is 6.13. The molecule has 0 saturated heterocycles. The Labute approximate surface area is 120 Å². The summed E-state index contributed by atoms with van der Waals surface area (Å²) in [5, 5.41) is 5.50. The Morgan fingerprint density at radius 3 is 2.94 bits per heavy atom. The Balaban J connectivity index is 1.98. The fourth-order valence-corrected chi connectivity index (χ4v) is 2.38. The Hall–Kier alpha value is -1.00. The molecule has 2 rings (SSSR count). The quantitative estimate of drug-likeness (QED) is 0.784. The first-order chi connectivity index (χ1) is 8.70. The van der Waals surface area contributed by atoms with Crippen LogP contribution in [-0.2, 0) is 18.8 Å². The minimum Gasteiger partial charge on any atom is -0.491 e. The van der Waals surface area contributed by atoms with Gasteiger partial charge in [0, 0.05) is 30.6 Å². The molecule has 1 heterocycles. The van der Waals surface area contributed by atoms with Gasteiger partial charge in [0.1, 0.15) is 5.75 Å². The molecular formula is C13H14BrClN2O. The van der Waals surface area contributed by atoms with Crippen LogP contribution in [0.2, 0.25) is 5.02 Å². The number of aromatic nitrogens is 2. The van der Waals surface area contributed by atoms with E-state index in [-0.39, 0.29) is 0 Å². The molecule has 2 aromatic rings. The highest BCUT2D eigenvalue weighted by Gasteiger charge is 2.07. The zero-order valence-corrected chi connectivity index (χ0v) is 12.4. The number of benzene rings is 1. The van der Waals surface area contributed by atoms with Gasteiger partial charge in [0.25, 0.3) is 0 Å². The third kappa shape index (κ3) is 3.27. The molecule has 96 valence electrons. The molecule has 0 N–H and O–H groups in total. The van der Waals surface area contributed by atoms with Crippen molar-refractivity contribution in [3.8, 4) is 5.75 Å². The molecule has 1 aromatic carbocycles. The van der Waals surface area contributed by atoms with E-state index in [9.17, 15) is 0 Å².